The third kappa shape index (κ3) is 4.31. The van der Waals surface area contributed by atoms with Gasteiger partial charge in [0.15, 0.2) is 6.04 Å². The first-order chi connectivity index (χ1) is 10.2. The molecule has 1 aromatic heterocycles. The molecule has 0 saturated carbocycles. The predicted octanol–water partition coefficient (Wildman–Crippen LogP) is 2.13. The number of aliphatic carboxylic acids is 1. The van der Waals surface area contributed by atoms with Crippen molar-refractivity contribution in [3.63, 3.8) is 0 Å². The maximum Gasteiger partial charge on any atom is 0.408 e. The molecule has 0 aliphatic carbocycles. The number of hydrogen-bond donors (Lipinski definition) is 2. The number of carbonyl (C=O) groups is 2. The van der Waals surface area contributed by atoms with Gasteiger partial charge in [0.2, 0.25) is 0 Å². The molecule has 1 heterocycles. The summed E-state index contributed by atoms with van der Waals surface area (Å²) < 4.78 is 4.99. The van der Waals surface area contributed by atoms with Gasteiger partial charge in [-0.2, -0.15) is 0 Å². The average molecular weight is 286 g/mol. The minimum absolute atomic E-state index is 0.0707. The molecule has 0 aliphatic heterocycles. The lowest BCUT2D eigenvalue weighted by Crippen LogP contribution is -2.34. The first-order valence-corrected chi connectivity index (χ1v) is 6.28. The van der Waals surface area contributed by atoms with Gasteiger partial charge in [0.25, 0.3) is 0 Å². The lowest BCUT2D eigenvalue weighted by atomic mass is 10.2. The van der Waals surface area contributed by atoms with E-state index in [2.05, 4.69) is 10.3 Å². The van der Waals surface area contributed by atoms with Crippen LogP contribution in [0.1, 0.15) is 17.3 Å². The van der Waals surface area contributed by atoms with Gasteiger partial charge < -0.3 is 15.2 Å². The fraction of sp³-hybridized carbons (Fsp3) is 0.133. The standard InChI is InChI=1S/C15H14N2O4/c18-14(19)13(12-8-4-5-9-16-12)17-15(20)21-10-11-6-2-1-3-7-11/h1-9,13H,10H2,(H,17,20)(H,18,19)/t13-/m0/s1. The molecule has 0 fully saturated rings. The number of hydrogen-bond acceptors (Lipinski definition) is 4. The number of rotatable bonds is 5. The van der Waals surface area contributed by atoms with Gasteiger partial charge in [0, 0.05) is 6.20 Å². The third-order valence-corrected chi connectivity index (χ3v) is 2.71. The number of aromatic nitrogens is 1. The summed E-state index contributed by atoms with van der Waals surface area (Å²) >= 11 is 0. The molecular formula is C15H14N2O4. The number of nitrogens with zero attached hydrogens (tertiary/aromatic N) is 1. The van der Waals surface area contributed by atoms with Crippen molar-refractivity contribution in [1.82, 2.24) is 10.3 Å². The van der Waals surface area contributed by atoms with Crippen LogP contribution >= 0.6 is 0 Å². The van der Waals surface area contributed by atoms with Crippen LogP contribution in [0.4, 0.5) is 4.79 Å². The Morgan fingerprint density at radius 3 is 2.48 bits per heavy atom. The van der Waals surface area contributed by atoms with E-state index in [9.17, 15) is 9.59 Å². The van der Waals surface area contributed by atoms with Crippen LogP contribution in [0.2, 0.25) is 0 Å². The van der Waals surface area contributed by atoms with Gasteiger partial charge in [-0.3, -0.25) is 4.98 Å². The quantitative estimate of drug-likeness (QED) is 0.879. The third-order valence-electron chi connectivity index (χ3n) is 2.71. The minimum atomic E-state index is -1.24. The highest BCUT2D eigenvalue weighted by molar-refractivity contribution is 5.80. The number of carboxylic acids is 1. The van der Waals surface area contributed by atoms with Crippen molar-refractivity contribution >= 4 is 12.1 Å². The van der Waals surface area contributed by atoms with Gasteiger partial charge in [0.05, 0.1) is 5.69 Å². The van der Waals surface area contributed by atoms with Gasteiger partial charge in [-0.25, -0.2) is 9.59 Å². The lowest BCUT2D eigenvalue weighted by Gasteiger charge is -2.14. The van der Waals surface area contributed by atoms with Crippen LogP contribution in [0, 0.1) is 0 Å². The Morgan fingerprint density at radius 2 is 1.86 bits per heavy atom. The Kier molecular flexibility index (Phi) is 4.87. The maximum atomic E-state index is 11.7. The van der Waals surface area contributed by atoms with Crippen molar-refractivity contribution in [2.45, 2.75) is 12.6 Å². The van der Waals surface area contributed by atoms with Gasteiger partial charge >= 0.3 is 12.1 Å². The molecule has 0 unspecified atom stereocenters. The summed E-state index contributed by atoms with van der Waals surface area (Å²) in [5.74, 6) is -1.20. The number of nitrogens with one attached hydrogen (secondary N) is 1. The summed E-state index contributed by atoms with van der Waals surface area (Å²) in [5.41, 5.74) is 1.05. The topological polar surface area (TPSA) is 88.5 Å². The van der Waals surface area contributed by atoms with Crippen LogP contribution in [0.3, 0.4) is 0 Å². The zero-order valence-corrected chi connectivity index (χ0v) is 11.1. The van der Waals surface area contributed by atoms with Crippen molar-refractivity contribution in [1.29, 1.82) is 0 Å². The van der Waals surface area contributed by atoms with E-state index in [0.717, 1.165) is 5.56 Å². The molecule has 0 bridgehead atoms. The number of amides is 1. The van der Waals surface area contributed by atoms with Gasteiger partial charge in [0.1, 0.15) is 6.61 Å². The lowest BCUT2D eigenvalue weighted by molar-refractivity contribution is -0.139. The van der Waals surface area contributed by atoms with E-state index in [0.29, 0.717) is 0 Å². The van der Waals surface area contributed by atoms with E-state index in [-0.39, 0.29) is 12.3 Å². The summed E-state index contributed by atoms with van der Waals surface area (Å²) in [6.45, 7) is 0.0707. The van der Waals surface area contributed by atoms with Crippen LogP contribution in [0.25, 0.3) is 0 Å². The molecule has 0 saturated heterocycles. The summed E-state index contributed by atoms with van der Waals surface area (Å²) in [4.78, 5) is 26.8. The Balaban J connectivity index is 1.95. The summed E-state index contributed by atoms with van der Waals surface area (Å²) in [5, 5.41) is 11.4. The van der Waals surface area contributed by atoms with E-state index >= 15 is 0 Å². The highest BCUT2D eigenvalue weighted by Crippen LogP contribution is 2.10. The molecule has 2 N–H and O–H groups in total. The number of ether oxygens (including phenoxy) is 1. The van der Waals surface area contributed by atoms with E-state index in [1.54, 1.807) is 24.3 Å². The molecule has 0 spiro atoms. The van der Waals surface area contributed by atoms with Gasteiger partial charge in [-0.1, -0.05) is 36.4 Å². The summed E-state index contributed by atoms with van der Waals surface area (Å²) in [6.07, 6.45) is 0.652. The van der Waals surface area contributed by atoms with Crippen LogP contribution in [0.15, 0.2) is 54.7 Å². The summed E-state index contributed by atoms with van der Waals surface area (Å²) in [6, 6.07) is 12.7. The van der Waals surface area contributed by atoms with Crippen molar-refractivity contribution in [2.75, 3.05) is 0 Å². The predicted molar refractivity (Wildman–Crippen MR) is 74.4 cm³/mol. The zero-order chi connectivity index (χ0) is 15.1. The van der Waals surface area contributed by atoms with Crippen LogP contribution in [-0.2, 0) is 16.1 Å². The van der Waals surface area contributed by atoms with Crippen molar-refractivity contribution < 1.29 is 19.4 Å². The second kappa shape index (κ2) is 7.04. The molecule has 108 valence electrons. The SMILES string of the molecule is O=C(N[C@H](C(=O)O)c1ccccn1)OCc1ccccc1. The van der Waals surface area contributed by atoms with E-state index in [1.807, 2.05) is 18.2 Å². The Bertz CT molecular complexity index is 602. The average Bonchev–Trinajstić information content (AvgIpc) is 2.52. The molecule has 1 amide bonds. The first-order valence-electron chi connectivity index (χ1n) is 6.28. The monoisotopic (exact) mass is 286 g/mol. The summed E-state index contributed by atoms with van der Waals surface area (Å²) in [7, 11) is 0. The fourth-order valence-corrected chi connectivity index (χ4v) is 1.69. The molecule has 2 aromatic rings. The van der Waals surface area contributed by atoms with E-state index < -0.39 is 18.1 Å². The largest absolute Gasteiger partial charge is 0.479 e. The molecule has 6 nitrogen and oxygen atoms in total. The van der Waals surface area contributed by atoms with Crippen LogP contribution in [0.5, 0.6) is 0 Å². The highest BCUT2D eigenvalue weighted by Gasteiger charge is 2.23. The van der Waals surface area contributed by atoms with Crippen molar-refractivity contribution in [2.24, 2.45) is 0 Å². The van der Waals surface area contributed by atoms with Crippen molar-refractivity contribution in [3.8, 4) is 0 Å². The molecule has 2 rings (SSSR count). The molecule has 21 heavy (non-hydrogen) atoms. The number of alkyl carbamates (subject to hydrolysis) is 1. The Hall–Kier alpha value is -2.89. The number of pyridine rings is 1. The smallest absolute Gasteiger partial charge is 0.408 e. The number of carbonyl (C=O) groups excluding carboxylic acids is 1. The van der Waals surface area contributed by atoms with Crippen LogP contribution in [-0.4, -0.2) is 22.2 Å². The first kappa shape index (κ1) is 14.5. The van der Waals surface area contributed by atoms with Gasteiger partial charge in [-0.15, -0.1) is 0 Å². The van der Waals surface area contributed by atoms with Gasteiger partial charge in [-0.05, 0) is 17.7 Å². The molecular weight excluding hydrogens is 272 g/mol. The molecule has 6 heteroatoms. The highest BCUT2D eigenvalue weighted by atomic mass is 16.5. The maximum absolute atomic E-state index is 11.7. The zero-order valence-electron chi connectivity index (χ0n) is 11.1. The number of carboxylic acid groups (broad SMARTS) is 1. The minimum Gasteiger partial charge on any atom is -0.479 e. The van der Waals surface area contributed by atoms with Crippen LogP contribution < -0.4 is 5.32 Å². The molecule has 1 atom stereocenters. The second-order valence-electron chi connectivity index (χ2n) is 4.23. The molecule has 0 radical (unpaired) electrons. The molecule has 1 aromatic carbocycles. The fourth-order valence-electron chi connectivity index (χ4n) is 1.69. The molecule has 0 aliphatic rings. The van der Waals surface area contributed by atoms with E-state index in [4.69, 9.17) is 9.84 Å². The Morgan fingerprint density at radius 1 is 1.14 bits per heavy atom. The normalized spacial score (nSPS) is 11.4. The van der Waals surface area contributed by atoms with E-state index in [1.165, 1.54) is 12.3 Å². The Labute approximate surface area is 121 Å². The number of benzene rings is 1. The second-order valence-corrected chi connectivity index (χ2v) is 4.23. The van der Waals surface area contributed by atoms with Crippen molar-refractivity contribution in [3.05, 3.63) is 66.0 Å².